The summed E-state index contributed by atoms with van der Waals surface area (Å²) in [5.74, 6) is 1.54. The first-order chi connectivity index (χ1) is 13.4. The van der Waals surface area contributed by atoms with E-state index in [0.717, 1.165) is 24.6 Å². The van der Waals surface area contributed by atoms with E-state index < -0.39 is 0 Å². The molecule has 0 bridgehead atoms. The lowest BCUT2D eigenvalue weighted by molar-refractivity contribution is 0.169. The summed E-state index contributed by atoms with van der Waals surface area (Å²) < 4.78 is 0. The summed E-state index contributed by atoms with van der Waals surface area (Å²) in [6, 6.07) is 6.76. The second-order valence-corrected chi connectivity index (χ2v) is 10.1. The van der Waals surface area contributed by atoms with Crippen molar-refractivity contribution in [1.29, 1.82) is 5.41 Å². The normalized spacial score (nSPS) is 24.4. The van der Waals surface area contributed by atoms with Gasteiger partial charge in [0.2, 0.25) is 0 Å². The van der Waals surface area contributed by atoms with Crippen molar-refractivity contribution in [2.75, 3.05) is 37.6 Å². The van der Waals surface area contributed by atoms with E-state index in [9.17, 15) is 0 Å². The van der Waals surface area contributed by atoms with Gasteiger partial charge < -0.3 is 10.3 Å². The highest BCUT2D eigenvalue weighted by Gasteiger charge is 2.31. The van der Waals surface area contributed by atoms with Gasteiger partial charge in [0.05, 0.1) is 0 Å². The number of hydrogen-bond acceptors (Lipinski definition) is 3. The summed E-state index contributed by atoms with van der Waals surface area (Å²) in [5.41, 5.74) is 4.43. The summed E-state index contributed by atoms with van der Waals surface area (Å²) >= 11 is 0. The van der Waals surface area contributed by atoms with Crippen LogP contribution in [0.1, 0.15) is 83.3 Å². The Labute approximate surface area is 173 Å². The highest BCUT2D eigenvalue weighted by molar-refractivity contribution is 5.80. The van der Waals surface area contributed by atoms with Crippen LogP contribution in [0.4, 0.5) is 5.69 Å². The average molecular weight is 384 g/mol. The molecule has 1 saturated heterocycles. The van der Waals surface area contributed by atoms with Crippen molar-refractivity contribution in [2.45, 2.75) is 72.1 Å². The van der Waals surface area contributed by atoms with Gasteiger partial charge in [-0.15, -0.1) is 0 Å². The van der Waals surface area contributed by atoms with Crippen molar-refractivity contribution in [1.82, 2.24) is 4.90 Å². The fraction of sp³-hybridized carbons (Fsp3) is 0.720. The molecular formula is C25H41N3. The minimum Gasteiger partial charge on any atom is -0.369 e. The zero-order chi connectivity index (χ0) is 20.1. The minimum atomic E-state index is 0.437. The predicted molar refractivity (Wildman–Crippen MR) is 122 cm³/mol. The molecule has 0 aromatic heterocycles. The lowest BCUT2D eigenvalue weighted by atomic mass is 9.68. The first-order valence-corrected chi connectivity index (χ1v) is 11.5. The van der Waals surface area contributed by atoms with Gasteiger partial charge in [-0.1, -0.05) is 46.2 Å². The fourth-order valence-electron chi connectivity index (χ4n) is 5.13. The number of nitrogens with one attached hydrogen (secondary N) is 1. The Morgan fingerprint density at radius 1 is 1.04 bits per heavy atom. The zero-order valence-electron chi connectivity index (χ0n) is 18.6. The molecule has 1 aromatic carbocycles. The predicted octanol–water partition coefficient (Wildman–Crippen LogP) is 5.93. The molecule has 2 aliphatic rings. The minimum absolute atomic E-state index is 0.437. The van der Waals surface area contributed by atoms with Crippen LogP contribution in [0.3, 0.4) is 0 Å². The number of rotatable bonds is 6. The van der Waals surface area contributed by atoms with Crippen LogP contribution in [-0.4, -0.2) is 43.8 Å². The first-order valence-electron chi connectivity index (χ1n) is 11.5. The molecule has 3 nitrogen and oxygen atoms in total. The van der Waals surface area contributed by atoms with Crippen LogP contribution < -0.4 is 4.90 Å². The topological polar surface area (TPSA) is 30.3 Å². The maximum absolute atomic E-state index is 7.72. The van der Waals surface area contributed by atoms with Crippen molar-refractivity contribution in [3.05, 3.63) is 29.3 Å². The van der Waals surface area contributed by atoms with Crippen molar-refractivity contribution >= 4 is 11.9 Å². The molecule has 156 valence electrons. The van der Waals surface area contributed by atoms with E-state index in [1.807, 2.05) is 0 Å². The van der Waals surface area contributed by atoms with Gasteiger partial charge in [-0.05, 0) is 73.1 Å². The van der Waals surface area contributed by atoms with Crippen molar-refractivity contribution in [3.63, 3.8) is 0 Å². The quantitative estimate of drug-likeness (QED) is 0.617. The standard InChI is InChI=1S/C25H41N3/c1-5-6-13-27-14-16-28(17-15-27)24-18-20(19-26)7-12-23(24)21-8-10-22(11-9-21)25(2,3)4/h7,12,18-19,21-22,26H,5-6,8-11,13-17H2,1-4H3. The van der Waals surface area contributed by atoms with E-state index in [1.54, 1.807) is 5.56 Å². The molecule has 28 heavy (non-hydrogen) atoms. The molecule has 1 aromatic rings. The molecule has 3 rings (SSSR count). The number of hydrogen-bond donors (Lipinski definition) is 1. The monoisotopic (exact) mass is 383 g/mol. The largest absolute Gasteiger partial charge is 0.369 e. The molecule has 1 saturated carbocycles. The van der Waals surface area contributed by atoms with Crippen molar-refractivity contribution < 1.29 is 0 Å². The van der Waals surface area contributed by atoms with Gasteiger partial charge in [0.1, 0.15) is 0 Å². The Bertz CT molecular complexity index is 630. The van der Waals surface area contributed by atoms with Crippen LogP contribution >= 0.6 is 0 Å². The first kappa shape index (κ1) is 21.4. The summed E-state index contributed by atoms with van der Waals surface area (Å²) in [6.45, 7) is 15.3. The van der Waals surface area contributed by atoms with Gasteiger partial charge >= 0.3 is 0 Å². The molecule has 3 heteroatoms. The van der Waals surface area contributed by atoms with Gasteiger partial charge in [-0.25, -0.2) is 0 Å². The SMILES string of the molecule is CCCCN1CCN(c2cc(C=N)ccc2C2CCC(C(C)(C)C)CC2)CC1. The lowest BCUT2D eigenvalue weighted by Gasteiger charge is -2.40. The molecule has 0 atom stereocenters. The molecule has 1 aliphatic carbocycles. The second kappa shape index (κ2) is 9.43. The summed E-state index contributed by atoms with van der Waals surface area (Å²) in [7, 11) is 0. The maximum atomic E-state index is 7.72. The van der Waals surface area contributed by atoms with E-state index in [2.05, 4.69) is 55.7 Å². The highest BCUT2D eigenvalue weighted by atomic mass is 15.3. The average Bonchev–Trinajstić information content (AvgIpc) is 2.71. The Hall–Kier alpha value is -1.35. The van der Waals surface area contributed by atoms with Gasteiger partial charge in [-0.3, -0.25) is 4.90 Å². The molecule has 1 N–H and O–H groups in total. The molecule has 0 unspecified atom stereocenters. The van der Waals surface area contributed by atoms with E-state index in [-0.39, 0.29) is 0 Å². The Morgan fingerprint density at radius 3 is 2.29 bits per heavy atom. The summed E-state index contributed by atoms with van der Waals surface area (Å²) in [6.07, 6.45) is 9.43. The third-order valence-corrected chi connectivity index (χ3v) is 7.15. The third kappa shape index (κ3) is 5.17. The van der Waals surface area contributed by atoms with Crippen LogP contribution in [0.15, 0.2) is 18.2 Å². The fourth-order valence-corrected chi connectivity index (χ4v) is 5.13. The van der Waals surface area contributed by atoms with Gasteiger partial charge in [0, 0.05) is 38.1 Å². The number of benzene rings is 1. The molecule has 1 aliphatic heterocycles. The van der Waals surface area contributed by atoms with E-state index in [4.69, 9.17) is 5.41 Å². The summed E-state index contributed by atoms with van der Waals surface area (Å²) in [4.78, 5) is 5.22. The summed E-state index contributed by atoms with van der Waals surface area (Å²) in [5, 5.41) is 7.72. The maximum Gasteiger partial charge on any atom is 0.0409 e. The Kier molecular flexibility index (Phi) is 7.20. The Morgan fingerprint density at radius 2 is 1.71 bits per heavy atom. The molecule has 2 fully saturated rings. The Balaban J connectivity index is 1.72. The molecule has 1 heterocycles. The van der Waals surface area contributed by atoms with Crippen molar-refractivity contribution in [2.24, 2.45) is 11.3 Å². The molecule has 0 radical (unpaired) electrons. The van der Waals surface area contributed by atoms with Crippen LogP contribution in [-0.2, 0) is 0 Å². The second-order valence-electron chi connectivity index (χ2n) is 10.1. The van der Waals surface area contributed by atoms with Gasteiger partial charge in [0.25, 0.3) is 0 Å². The van der Waals surface area contributed by atoms with Gasteiger partial charge in [-0.2, -0.15) is 0 Å². The van der Waals surface area contributed by atoms with Crippen LogP contribution in [0.2, 0.25) is 0 Å². The van der Waals surface area contributed by atoms with E-state index >= 15 is 0 Å². The number of unbranched alkanes of at least 4 members (excludes halogenated alkanes) is 1. The highest BCUT2D eigenvalue weighted by Crippen LogP contribution is 2.45. The smallest absolute Gasteiger partial charge is 0.0409 e. The van der Waals surface area contributed by atoms with Crippen LogP contribution in [0.25, 0.3) is 0 Å². The zero-order valence-corrected chi connectivity index (χ0v) is 18.6. The molecule has 0 spiro atoms. The number of piperazine rings is 1. The van der Waals surface area contributed by atoms with Crippen LogP contribution in [0.5, 0.6) is 0 Å². The molecular weight excluding hydrogens is 342 g/mol. The van der Waals surface area contributed by atoms with E-state index in [0.29, 0.717) is 11.3 Å². The number of anilines is 1. The lowest BCUT2D eigenvalue weighted by Crippen LogP contribution is -2.47. The third-order valence-electron chi connectivity index (χ3n) is 7.15. The van der Waals surface area contributed by atoms with Crippen LogP contribution in [0, 0.1) is 16.7 Å². The van der Waals surface area contributed by atoms with Crippen molar-refractivity contribution in [3.8, 4) is 0 Å². The van der Waals surface area contributed by atoms with Gasteiger partial charge in [0.15, 0.2) is 0 Å². The number of nitrogens with zero attached hydrogens (tertiary/aromatic N) is 2. The molecule has 0 amide bonds. The van der Waals surface area contributed by atoms with E-state index in [1.165, 1.54) is 70.1 Å².